The second-order valence-electron chi connectivity index (χ2n) is 9.19. The molecule has 4 rings (SSSR count). The summed E-state index contributed by atoms with van der Waals surface area (Å²) in [6, 6.07) is 19.8. The predicted molar refractivity (Wildman–Crippen MR) is 145 cm³/mol. The molecule has 1 aromatic heterocycles. The second kappa shape index (κ2) is 12.0. The number of carboxylic acid groups (broad SMARTS) is 2. The van der Waals surface area contributed by atoms with Crippen molar-refractivity contribution in [1.82, 2.24) is 9.55 Å². The second-order valence-corrected chi connectivity index (χ2v) is 9.19. The third-order valence-electron chi connectivity index (χ3n) is 6.14. The van der Waals surface area contributed by atoms with Crippen LogP contribution in [0, 0.1) is 6.92 Å². The molecule has 0 bridgehead atoms. The zero-order valence-electron chi connectivity index (χ0n) is 22.1. The molecular weight excluding hydrogens is 511 g/mol. The minimum atomic E-state index is -5.08. The average molecular weight is 542 g/mol. The van der Waals surface area contributed by atoms with E-state index in [0.29, 0.717) is 5.56 Å². The first-order valence-corrected chi connectivity index (χ1v) is 12.3. The number of carbonyl (C=O) groups is 2. The van der Waals surface area contributed by atoms with Crippen LogP contribution in [-0.2, 0) is 11.2 Å². The highest BCUT2D eigenvalue weighted by Gasteiger charge is 2.38. The Morgan fingerprint density at radius 1 is 0.974 bits per heavy atom. The molecule has 0 spiro atoms. The van der Waals surface area contributed by atoms with Gasteiger partial charge < -0.3 is 15.1 Å². The molecule has 0 aliphatic heterocycles. The lowest BCUT2D eigenvalue weighted by atomic mass is 9.95. The highest BCUT2D eigenvalue weighted by Crippen LogP contribution is 2.31. The summed E-state index contributed by atoms with van der Waals surface area (Å²) in [5, 5.41) is 16.7. The zero-order valence-corrected chi connectivity index (χ0v) is 22.1. The summed E-state index contributed by atoms with van der Waals surface area (Å²) in [6.45, 7) is 4.23. The molecule has 0 aliphatic carbocycles. The number of halogens is 3. The van der Waals surface area contributed by atoms with E-state index in [4.69, 9.17) is 14.9 Å². The molecule has 0 amide bonds. The van der Waals surface area contributed by atoms with Crippen molar-refractivity contribution in [2.24, 2.45) is 0 Å². The Morgan fingerprint density at radius 3 is 2.21 bits per heavy atom. The first-order chi connectivity index (χ1) is 18.3. The van der Waals surface area contributed by atoms with E-state index in [1.54, 1.807) is 12.1 Å². The maximum absolute atomic E-state index is 11.7. The van der Waals surface area contributed by atoms with Gasteiger partial charge in [0.05, 0.1) is 16.6 Å². The van der Waals surface area contributed by atoms with Crippen LogP contribution in [0.3, 0.4) is 0 Å². The van der Waals surface area contributed by atoms with Gasteiger partial charge in [-0.1, -0.05) is 37.6 Å². The summed E-state index contributed by atoms with van der Waals surface area (Å²) in [5.41, 5.74) is 7.26. The Kier molecular flexibility index (Phi) is 9.00. The number of aliphatic carboxylic acids is 1. The molecule has 4 aromatic rings. The van der Waals surface area contributed by atoms with Gasteiger partial charge >= 0.3 is 18.1 Å². The lowest BCUT2D eigenvalue weighted by molar-refractivity contribution is -0.192. The number of imidazole rings is 1. The molecule has 0 saturated heterocycles. The van der Waals surface area contributed by atoms with E-state index in [-0.39, 0.29) is 0 Å². The van der Waals surface area contributed by atoms with E-state index >= 15 is 0 Å². The van der Waals surface area contributed by atoms with Gasteiger partial charge in [0, 0.05) is 31.9 Å². The van der Waals surface area contributed by atoms with E-state index in [2.05, 4.69) is 46.7 Å². The van der Waals surface area contributed by atoms with Crippen molar-refractivity contribution in [3.8, 4) is 16.8 Å². The number of alkyl halides is 3. The first kappa shape index (κ1) is 29.2. The summed E-state index contributed by atoms with van der Waals surface area (Å²) in [6.07, 6.45) is -1.99. The highest BCUT2D eigenvalue weighted by molar-refractivity contribution is 5.96. The number of aryl methyl sites for hydroxylation is 2. The van der Waals surface area contributed by atoms with Crippen LogP contribution in [0.2, 0.25) is 0 Å². The number of rotatable bonds is 7. The lowest BCUT2D eigenvalue weighted by Crippen LogP contribution is -2.21. The van der Waals surface area contributed by atoms with Crippen molar-refractivity contribution in [3.05, 3.63) is 77.6 Å². The minimum Gasteiger partial charge on any atom is -0.478 e. The molecule has 0 saturated carbocycles. The normalized spacial score (nSPS) is 11.2. The molecular formula is C29H30F3N3O4. The van der Waals surface area contributed by atoms with Gasteiger partial charge in [0.15, 0.2) is 0 Å². The fraction of sp³-hybridized carbons (Fsp3) is 0.276. The molecule has 206 valence electrons. The number of aromatic carboxylic acids is 1. The van der Waals surface area contributed by atoms with Gasteiger partial charge in [-0.3, -0.25) is 4.57 Å². The number of anilines is 1. The molecule has 39 heavy (non-hydrogen) atoms. The van der Waals surface area contributed by atoms with E-state index in [0.717, 1.165) is 64.2 Å². The highest BCUT2D eigenvalue weighted by atomic mass is 19.4. The fourth-order valence-electron chi connectivity index (χ4n) is 4.18. The third kappa shape index (κ3) is 6.76. The van der Waals surface area contributed by atoms with Crippen molar-refractivity contribution >= 4 is 28.7 Å². The summed E-state index contributed by atoms with van der Waals surface area (Å²) >= 11 is 0. The van der Waals surface area contributed by atoms with Gasteiger partial charge in [-0.2, -0.15) is 13.2 Å². The largest absolute Gasteiger partial charge is 0.490 e. The van der Waals surface area contributed by atoms with Crippen molar-refractivity contribution < 1.29 is 33.0 Å². The standard InChI is InChI=1S/C27H29N3O2.C2HF3O2/c1-5-6-11-26-28-24-15-13-19(29(3)4)17-25(24)30(26)20-12-14-21(18(2)16-20)22-9-7-8-10-23(22)27(31)32;3-2(4,5)1(6)7/h7-10,12-17H,5-6,11H2,1-4H3,(H,31,32);(H,6,7). The summed E-state index contributed by atoms with van der Waals surface area (Å²) in [7, 11) is 4.08. The maximum atomic E-state index is 11.7. The molecule has 10 heteroatoms. The number of aromatic nitrogens is 2. The molecule has 7 nitrogen and oxygen atoms in total. The Bertz CT molecular complexity index is 1490. The van der Waals surface area contributed by atoms with Gasteiger partial charge in [-0.15, -0.1) is 0 Å². The summed E-state index contributed by atoms with van der Waals surface area (Å²) < 4.78 is 34.0. The van der Waals surface area contributed by atoms with Gasteiger partial charge in [0.2, 0.25) is 0 Å². The molecule has 2 N–H and O–H groups in total. The van der Waals surface area contributed by atoms with Crippen molar-refractivity contribution in [1.29, 1.82) is 0 Å². The van der Waals surface area contributed by atoms with Crippen LogP contribution < -0.4 is 4.90 Å². The van der Waals surface area contributed by atoms with Crippen molar-refractivity contribution in [2.45, 2.75) is 39.3 Å². The number of nitrogens with zero attached hydrogens (tertiary/aromatic N) is 3. The molecule has 0 unspecified atom stereocenters. The molecule has 0 fully saturated rings. The number of fused-ring (bicyclic) bond motifs is 1. The van der Waals surface area contributed by atoms with Crippen molar-refractivity contribution in [2.75, 3.05) is 19.0 Å². The third-order valence-corrected chi connectivity index (χ3v) is 6.14. The van der Waals surface area contributed by atoms with Gasteiger partial charge in [-0.05, 0) is 66.4 Å². The quantitative estimate of drug-likeness (QED) is 0.269. The molecule has 0 aliphatic rings. The molecule has 3 aromatic carbocycles. The van der Waals surface area contributed by atoms with Gasteiger partial charge in [0.25, 0.3) is 0 Å². The first-order valence-electron chi connectivity index (χ1n) is 12.3. The topological polar surface area (TPSA) is 95.7 Å². The van der Waals surface area contributed by atoms with Crippen LogP contribution in [0.5, 0.6) is 0 Å². The van der Waals surface area contributed by atoms with Gasteiger partial charge in [0.1, 0.15) is 5.82 Å². The number of hydrogen-bond acceptors (Lipinski definition) is 4. The molecule has 1 heterocycles. The van der Waals surface area contributed by atoms with E-state index in [1.807, 2.05) is 39.2 Å². The molecule has 0 radical (unpaired) electrons. The summed E-state index contributed by atoms with van der Waals surface area (Å²) in [5.74, 6) is -2.62. The Hall–Kier alpha value is -4.34. The van der Waals surface area contributed by atoms with Crippen LogP contribution in [0.4, 0.5) is 18.9 Å². The average Bonchev–Trinajstić information content (AvgIpc) is 3.24. The Labute approximate surface area is 224 Å². The van der Waals surface area contributed by atoms with Crippen LogP contribution in [0.15, 0.2) is 60.7 Å². The predicted octanol–water partition coefficient (Wildman–Crippen LogP) is 6.74. The number of benzene rings is 3. The van der Waals surface area contributed by atoms with E-state index < -0.39 is 18.1 Å². The zero-order chi connectivity index (χ0) is 28.9. The van der Waals surface area contributed by atoms with Gasteiger partial charge in [-0.25, -0.2) is 14.6 Å². The van der Waals surface area contributed by atoms with E-state index in [9.17, 15) is 23.1 Å². The van der Waals surface area contributed by atoms with Crippen LogP contribution in [-0.4, -0.2) is 52.0 Å². The monoisotopic (exact) mass is 541 g/mol. The van der Waals surface area contributed by atoms with E-state index in [1.165, 1.54) is 0 Å². The fourth-order valence-corrected chi connectivity index (χ4v) is 4.18. The number of hydrogen-bond donors (Lipinski definition) is 2. The Morgan fingerprint density at radius 2 is 1.64 bits per heavy atom. The smallest absolute Gasteiger partial charge is 0.478 e. The van der Waals surface area contributed by atoms with Crippen LogP contribution in [0.25, 0.3) is 27.8 Å². The SMILES string of the molecule is CCCCc1nc2ccc(N(C)C)cc2n1-c1ccc(-c2ccccc2C(=O)O)c(C)c1.O=C(O)C(F)(F)F. The molecule has 0 atom stereocenters. The summed E-state index contributed by atoms with van der Waals surface area (Å²) in [4.78, 5) is 27.7. The maximum Gasteiger partial charge on any atom is 0.490 e. The minimum absolute atomic E-state index is 0.315. The number of carboxylic acids is 2. The Balaban J connectivity index is 0.000000532. The van der Waals surface area contributed by atoms with Crippen molar-refractivity contribution in [3.63, 3.8) is 0 Å². The number of unbranched alkanes of at least 4 members (excludes halogenated alkanes) is 1. The van der Waals surface area contributed by atoms with Crippen LogP contribution >= 0.6 is 0 Å². The van der Waals surface area contributed by atoms with Crippen LogP contribution in [0.1, 0.15) is 41.5 Å². The lowest BCUT2D eigenvalue weighted by Gasteiger charge is -2.16.